The Hall–Kier alpha value is -3.88. The fourth-order valence-electron chi connectivity index (χ4n) is 4.13. The quantitative estimate of drug-likeness (QED) is 0.569. The average molecular weight is 436 g/mol. The van der Waals surface area contributed by atoms with Crippen LogP contribution in [0.15, 0.2) is 48.5 Å². The number of amides is 5. The first-order chi connectivity index (χ1) is 15.3. The summed E-state index contributed by atoms with van der Waals surface area (Å²) in [5, 5.41) is 7.64. The number of imide groups is 1. The average Bonchev–Trinajstić information content (AvgIpc) is 3.22. The Labute approximate surface area is 185 Å². The summed E-state index contributed by atoms with van der Waals surface area (Å²) in [6, 6.07) is 13.6. The van der Waals surface area contributed by atoms with Gasteiger partial charge in [-0.25, -0.2) is 4.79 Å². The third kappa shape index (κ3) is 4.01. The molecule has 0 bridgehead atoms. The van der Waals surface area contributed by atoms with E-state index in [1.54, 1.807) is 18.2 Å². The van der Waals surface area contributed by atoms with Crippen LogP contribution in [0.4, 0.5) is 4.79 Å². The van der Waals surface area contributed by atoms with Gasteiger partial charge in [0.05, 0.1) is 26.1 Å². The van der Waals surface area contributed by atoms with Gasteiger partial charge in [-0.05, 0) is 30.2 Å². The fourth-order valence-corrected chi connectivity index (χ4v) is 4.13. The SMILES string of the molecule is COc1ccc2c(c1)C(=O)N(CC1(CC(=O)NC(C)c3ccccc3)NC(=O)NC1=O)C2. The number of rotatable bonds is 7. The van der Waals surface area contributed by atoms with E-state index >= 15 is 0 Å². The third-order valence-electron chi connectivity index (χ3n) is 5.81. The lowest BCUT2D eigenvalue weighted by atomic mass is 9.93. The lowest BCUT2D eigenvalue weighted by Crippen LogP contribution is -2.57. The molecule has 2 unspecified atom stereocenters. The predicted molar refractivity (Wildman–Crippen MR) is 115 cm³/mol. The second-order valence-electron chi connectivity index (χ2n) is 8.05. The van der Waals surface area contributed by atoms with Crippen molar-refractivity contribution in [2.75, 3.05) is 13.7 Å². The lowest BCUT2D eigenvalue weighted by molar-refractivity contribution is -0.131. The molecule has 2 heterocycles. The van der Waals surface area contributed by atoms with E-state index in [1.165, 1.54) is 12.0 Å². The van der Waals surface area contributed by atoms with Gasteiger partial charge in [-0.1, -0.05) is 36.4 Å². The molecule has 3 N–H and O–H groups in total. The summed E-state index contributed by atoms with van der Waals surface area (Å²) in [6.45, 7) is 1.97. The minimum absolute atomic E-state index is 0.131. The third-order valence-corrected chi connectivity index (χ3v) is 5.81. The molecule has 9 nitrogen and oxygen atoms in total. The number of carbonyl (C=O) groups is 4. The van der Waals surface area contributed by atoms with Crippen molar-refractivity contribution in [3.05, 3.63) is 65.2 Å². The van der Waals surface area contributed by atoms with Crippen molar-refractivity contribution >= 4 is 23.8 Å². The van der Waals surface area contributed by atoms with Crippen molar-refractivity contribution in [3.8, 4) is 5.75 Å². The molecule has 2 aliphatic rings. The highest BCUT2D eigenvalue weighted by molar-refractivity contribution is 6.09. The zero-order valence-corrected chi connectivity index (χ0v) is 17.8. The van der Waals surface area contributed by atoms with E-state index in [9.17, 15) is 19.2 Å². The number of fused-ring (bicyclic) bond motifs is 1. The van der Waals surface area contributed by atoms with Gasteiger partial charge in [-0.2, -0.15) is 0 Å². The predicted octanol–water partition coefficient (Wildman–Crippen LogP) is 1.50. The van der Waals surface area contributed by atoms with Crippen molar-refractivity contribution in [1.82, 2.24) is 20.9 Å². The Morgan fingerprint density at radius 1 is 1.19 bits per heavy atom. The summed E-state index contributed by atoms with van der Waals surface area (Å²) in [5.41, 5.74) is 0.623. The highest BCUT2D eigenvalue weighted by Crippen LogP contribution is 2.29. The van der Waals surface area contributed by atoms with Gasteiger partial charge in [0.25, 0.3) is 11.8 Å². The Kier molecular flexibility index (Phi) is 5.56. The van der Waals surface area contributed by atoms with Crippen LogP contribution in [0.5, 0.6) is 5.75 Å². The van der Waals surface area contributed by atoms with Crippen LogP contribution in [0, 0.1) is 0 Å². The van der Waals surface area contributed by atoms with Crippen LogP contribution >= 0.6 is 0 Å². The first-order valence-electron chi connectivity index (χ1n) is 10.3. The molecule has 5 amide bonds. The monoisotopic (exact) mass is 436 g/mol. The molecule has 166 valence electrons. The number of hydrogen-bond donors (Lipinski definition) is 3. The molecule has 2 atom stereocenters. The van der Waals surface area contributed by atoms with E-state index in [2.05, 4.69) is 16.0 Å². The molecule has 9 heteroatoms. The van der Waals surface area contributed by atoms with E-state index in [4.69, 9.17) is 4.74 Å². The topological polar surface area (TPSA) is 117 Å². The summed E-state index contributed by atoms with van der Waals surface area (Å²) in [6.07, 6.45) is -0.300. The summed E-state index contributed by atoms with van der Waals surface area (Å²) in [7, 11) is 1.52. The number of ether oxygens (including phenoxy) is 1. The zero-order valence-electron chi connectivity index (χ0n) is 17.8. The van der Waals surface area contributed by atoms with Gasteiger partial charge in [0.2, 0.25) is 5.91 Å². The first-order valence-corrected chi connectivity index (χ1v) is 10.3. The molecular formula is C23H24N4O5. The van der Waals surface area contributed by atoms with Crippen molar-refractivity contribution in [3.63, 3.8) is 0 Å². The summed E-state index contributed by atoms with van der Waals surface area (Å²) >= 11 is 0. The second kappa shape index (κ2) is 8.33. The number of methoxy groups -OCH3 is 1. The van der Waals surface area contributed by atoms with Crippen LogP contribution < -0.4 is 20.7 Å². The molecule has 1 saturated heterocycles. The largest absolute Gasteiger partial charge is 0.497 e. The molecule has 0 aliphatic carbocycles. The van der Waals surface area contributed by atoms with Crippen molar-refractivity contribution in [2.24, 2.45) is 0 Å². The maximum Gasteiger partial charge on any atom is 0.322 e. The van der Waals surface area contributed by atoms with E-state index in [0.29, 0.717) is 11.3 Å². The minimum Gasteiger partial charge on any atom is -0.497 e. The second-order valence-corrected chi connectivity index (χ2v) is 8.05. The van der Waals surface area contributed by atoms with Crippen molar-refractivity contribution < 1.29 is 23.9 Å². The van der Waals surface area contributed by atoms with Crippen LogP contribution in [-0.4, -0.2) is 47.8 Å². The summed E-state index contributed by atoms with van der Waals surface area (Å²) in [5.74, 6) is -0.781. The van der Waals surface area contributed by atoms with Gasteiger partial charge in [-0.15, -0.1) is 0 Å². The van der Waals surface area contributed by atoms with E-state index in [-0.39, 0.29) is 31.5 Å². The Morgan fingerprint density at radius 2 is 1.94 bits per heavy atom. The highest BCUT2D eigenvalue weighted by atomic mass is 16.5. The first kappa shape index (κ1) is 21.4. The summed E-state index contributed by atoms with van der Waals surface area (Å²) in [4.78, 5) is 51.9. The molecule has 4 rings (SSSR count). The molecule has 0 radical (unpaired) electrons. The van der Waals surface area contributed by atoms with Gasteiger partial charge in [0.1, 0.15) is 11.3 Å². The molecular weight excluding hydrogens is 412 g/mol. The van der Waals surface area contributed by atoms with Gasteiger partial charge in [0, 0.05) is 12.1 Å². The van der Waals surface area contributed by atoms with Gasteiger partial charge < -0.3 is 20.3 Å². The number of carbonyl (C=O) groups excluding carboxylic acids is 4. The van der Waals surface area contributed by atoms with Crippen LogP contribution in [-0.2, 0) is 16.1 Å². The molecule has 0 spiro atoms. The molecule has 2 aromatic carbocycles. The number of urea groups is 1. The van der Waals surface area contributed by atoms with Crippen LogP contribution in [0.25, 0.3) is 0 Å². The maximum absolute atomic E-state index is 13.0. The summed E-state index contributed by atoms with van der Waals surface area (Å²) < 4.78 is 5.19. The lowest BCUT2D eigenvalue weighted by Gasteiger charge is -2.30. The van der Waals surface area contributed by atoms with Crippen LogP contribution in [0.2, 0.25) is 0 Å². The highest BCUT2D eigenvalue weighted by Gasteiger charge is 2.50. The van der Waals surface area contributed by atoms with Crippen LogP contribution in [0.3, 0.4) is 0 Å². The van der Waals surface area contributed by atoms with Crippen molar-refractivity contribution in [1.29, 1.82) is 0 Å². The van der Waals surface area contributed by atoms with Gasteiger partial charge in [0.15, 0.2) is 0 Å². The number of benzene rings is 2. The molecule has 0 saturated carbocycles. The molecule has 0 aromatic heterocycles. The molecule has 1 fully saturated rings. The molecule has 2 aromatic rings. The minimum atomic E-state index is -1.56. The fraction of sp³-hybridized carbons (Fsp3) is 0.304. The van der Waals surface area contributed by atoms with Crippen LogP contribution in [0.1, 0.15) is 40.9 Å². The number of nitrogens with zero attached hydrogens (tertiary/aromatic N) is 1. The Morgan fingerprint density at radius 3 is 2.59 bits per heavy atom. The molecule has 2 aliphatic heterocycles. The smallest absolute Gasteiger partial charge is 0.322 e. The Balaban J connectivity index is 1.51. The Bertz CT molecular complexity index is 1090. The molecule has 32 heavy (non-hydrogen) atoms. The standard InChI is InChI=1S/C23H24N4O5/c1-14(15-6-4-3-5-7-15)24-19(28)11-23(21(30)25-22(31)26-23)13-27-12-16-8-9-17(32-2)10-18(16)20(27)29/h3-10,14H,11-13H2,1-2H3,(H,24,28)(H2,25,26,30,31). The van der Waals surface area contributed by atoms with Crippen molar-refractivity contribution in [2.45, 2.75) is 31.5 Å². The normalized spacial score (nSPS) is 20.4. The van der Waals surface area contributed by atoms with E-state index < -0.39 is 23.4 Å². The zero-order chi connectivity index (χ0) is 22.9. The van der Waals surface area contributed by atoms with E-state index in [1.807, 2.05) is 37.3 Å². The number of hydrogen-bond acceptors (Lipinski definition) is 5. The van der Waals surface area contributed by atoms with E-state index in [0.717, 1.165) is 11.1 Å². The number of nitrogens with one attached hydrogen (secondary N) is 3. The van der Waals surface area contributed by atoms with Gasteiger partial charge in [-0.3, -0.25) is 19.7 Å². The maximum atomic E-state index is 13.0. The van der Waals surface area contributed by atoms with Gasteiger partial charge >= 0.3 is 6.03 Å².